The first kappa shape index (κ1) is 13.3. The zero-order chi connectivity index (χ0) is 14.0. The predicted octanol–water partition coefficient (Wildman–Crippen LogP) is 3.46. The number of anilines is 1. The van der Waals surface area contributed by atoms with Gasteiger partial charge in [0, 0.05) is 5.56 Å². The molecule has 2 rings (SSSR count). The van der Waals surface area contributed by atoms with Gasteiger partial charge < -0.3 is 10.5 Å². The normalized spacial score (nSPS) is 11.4. The molecular weight excluding hydrogens is 238 g/mol. The van der Waals surface area contributed by atoms with Gasteiger partial charge in [0.2, 0.25) is 5.88 Å². The third-order valence-electron chi connectivity index (χ3n) is 2.98. The van der Waals surface area contributed by atoms with Crippen LogP contribution in [0.5, 0.6) is 11.6 Å². The number of ether oxygens (including phenoxy) is 1. The minimum atomic E-state index is 0.00305. The number of hydrogen-bond donors (Lipinski definition) is 1. The van der Waals surface area contributed by atoms with Crippen LogP contribution >= 0.6 is 0 Å². The Balaban J connectivity index is 2.42. The molecule has 0 aliphatic rings. The molecule has 0 aliphatic heterocycles. The second kappa shape index (κ2) is 4.88. The van der Waals surface area contributed by atoms with E-state index in [1.54, 1.807) is 0 Å². The Morgan fingerprint density at radius 3 is 2.47 bits per heavy atom. The second-order valence-electron chi connectivity index (χ2n) is 5.54. The van der Waals surface area contributed by atoms with Gasteiger partial charge in [0.05, 0.1) is 5.56 Å². The van der Waals surface area contributed by atoms with Crippen molar-refractivity contribution in [1.29, 1.82) is 0 Å². The highest BCUT2D eigenvalue weighted by atomic mass is 16.5. The van der Waals surface area contributed by atoms with Gasteiger partial charge in [-0.05, 0) is 18.4 Å². The largest absolute Gasteiger partial charge is 0.438 e. The number of nitrogens with two attached hydrogens (primary N) is 1. The number of benzene rings is 1. The summed E-state index contributed by atoms with van der Waals surface area (Å²) in [6.45, 7) is 8.30. The van der Waals surface area contributed by atoms with Crippen molar-refractivity contribution in [2.24, 2.45) is 0 Å². The molecule has 1 heterocycles. The van der Waals surface area contributed by atoms with Gasteiger partial charge in [-0.1, -0.05) is 39.0 Å². The Kier molecular flexibility index (Phi) is 3.42. The van der Waals surface area contributed by atoms with Gasteiger partial charge in [-0.15, -0.1) is 0 Å². The van der Waals surface area contributed by atoms with Crippen molar-refractivity contribution in [3.63, 3.8) is 0 Å². The van der Waals surface area contributed by atoms with E-state index < -0.39 is 0 Å². The van der Waals surface area contributed by atoms with Crippen LogP contribution in [0.4, 0.5) is 5.82 Å². The van der Waals surface area contributed by atoms with E-state index >= 15 is 0 Å². The average Bonchev–Trinajstić information content (AvgIpc) is 2.34. The van der Waals surface area contributed by atoms with Crippen LogP contribution in [-0.2, 0) is 5.41 Å². The quantitative estimate of drug-likeness (QED) is 0.895. The van der Waals surface area contributed by atoms with Crippen LogP contribution in [0.2, 0.25) is 0 Å². The molecule has 0 fully saturated rings. The lowest BCUT2D eigenvalue weighted by atomic mass is 9.86. The summed E-state index contributed by atoms with van der Waals surface area (Å²) in [4.78, 5) is 8.08. The van der Waals surface area contributed by atoms with E-state index in [0.29, 0.717) is 11.7 Å². The summed E-state index contributed by atoms with van der Waals surface area (Å²) in [7, 11) is 0. The van der Waals surface area contributed by atoms with Gasteiger partial charge in [-0.2, -0.15) is 0 Å². The standard InChI is InChI=1S/C15H19N3O/c1-10-13(16)17-9-18-14(10)19-12-8-6-5-7-11(12)15(2,3)4/h5-9H,1-4H3,(H2,16,17,18). The zero-order valence-corrected chi connectivity index (χ0v) is 11.8. The molecule has 0 amide bonds. The number of nitrogen functional groups attached to an aromatic ring is 1. The Morgan fingerprint density at radius 1 is 1.11 bits per heavy atom. The molecule has 0 unspecified atom stereocenters. The molecule has 2 N–H and O–H groups in total. The third kappa shape index (κ3) is 2.84. The van der Waals surface area contributed by atoms with E-state index in [9.17, 15) is 0 Å². The van der Waals surface area contributed by atoms with Crippen molar-refractivity contribution in [3.05, 3.63) is 41.7 Å². The fourth-order valence-electron chi connectivity index (χ4n) is 1.83. The first-order valence-electron chi connectivity index (χ1n) is 6.24. The van der Waals surface area contributed by atoms with E-state index in [0.717, 1.165) is 16.9 Å². The maximum Gasteiger partial charge on any atom is 0.227 e. The molecule has 0 saturated heterocycles. The van der Waals surface area contributed by atoms with E-state index in [4.69, 9.17) is 10.5 Å². The Morgan fingerprint density at radius 2 is 1.79 bits per heavy atom. The lowest BCUT2D eigenvalue weighted by Crippen LogP contribution is -2.12. The zero-order valence-electron chi connectivity index (χ0n) is 11.8. The molecular formula is C15H19N3O. The second-order valence-corrected chi connectivity index (χ2v) is 5.54. The molecule has 0 aliphatic carbocycles. The first-order valence-corrected chi connectivity index (χ1v) is 6.24. The van der Waals surface area contributed by atoms with Gasteiger partial charge in [-0.3, -0.25) is 0 Å². The summed E-state index contributed by atoms with van der Waals surface area (Å²) in [6.07, 6.45) is 1.41. The maximum absolute atomic E-state index is 5.92. The Labute approximate surface area is 113 Å². The Bertz CT molecular complexity index is 588. The number of para-hydroxylation sites is 1. The third-order valence-corrected chi connectivity index (χ3v) is 2.98. The van der Waals surface area contributed by atoms with Crippen molar-refractivity contribution in [2.75, 3.05) is 5.73 Å². The topological polar surface area (TPSA) is 61.0 Å². The number of aromatic nitrogens is 2. The Hall–Kier alpha value is -2.10. The molecule has 19 heavy (non-hydrogen) atoms. The molecule has 1 aromatic heterocycles. The van der Waals surface area contributed by atoms with Crippen molar-refractivity contribution < 1.29 is 4.74 Å². The molecule has 0 spiro atoms. The molecule has 2 aromatic rings. The van der Waals surface area contributed by atoms with Crippen LogP contribution in [0.3, 0.4) is 0 Å². The fraction of sp³-hybridized carbons (Fsp3) is 0.333. The molecule has 0 atom stereocenters. The van der Waals surface area contributed by atoms with Crippen LogP contribution < -0.4 is 10.5 Å². The maximum atomic E-state index is 5.92. The van der Waals surface area contributed by atoms with Crippen LogP contribution in [0.15, 0.2) is 30.6 Å². The smallest absolute Gasteiger partial charge is 0.227 e. The number of hydrogen-bond acceptors (Lipinski definition) is 4. The SMILES string of the molecule is Cc1c(N)ncnc1Oc1ccccc1C(C)(C)C. The van der Waals surface area contributed by atoms with Crippen molar-refractivity contribution in [3.8, 4) is 11.6 Å². The minimum Gasteiger partial charge on any atom is -0.438 e. The number of nitrogens with zero attached hydrogens (tertiary/aromatic N) is 2. The molecule has 4 nitrogen and oxygen atoms in total. The number of rotatable bonds is 2. The first-order chi connectivity index (χ1) is 8.89. The van der Waals surface area contributed by atoms with Crippen LogP contribution in [0.25, 0.3) is 0 Å². The van der Waals surface area contributed by atoms with Crippen LogP contribution in [0, 0.1) is 6.92 Å². The lowest BCUT2D eigenvalue weighted by Gasteiger charge is -2.22. The van der Waals surface area contributed by atoms with E-state index in [2.05, 4.69) is 36.8 Å². The molecule has 1 aromatic carbocycles. The summed E-state index contributed by atoms with van der Waals surface area (Å²) < 4.78 is 5.92. The molecule has 0 radical (unpaired) electrons. The highest BCUT2D eigenvalue weighted by molar-refractivity contribution is 5.47. The van der Waals surface area contributed by atoms with Gasteiger partial charge >= 0.3 is 0 Å². The highest BCUT2D eigenvalue weighted by Gasteiger charge is 2.19. The summed E-state index contributed by atoms with van der Waals surface area (Å²) in [6, 6.07) is 7.96. The monoisotopic (exact) mass is 257 g/mol. The average molecular weight is 257 g/mol. The minimum absolute atomic E-state index is 0.00305. The van der Waals surface area contributed by atoms with E-state index in [1.807, 2.05) is 25.1 Å². The predicted molar refractivity (Wildman–Crippen MR) is 76.4 cm³/mol. The van der Waals surface area contributed by atoms with Gasteiger partial charge in [0.1, 0.15) is 17.9 Å². The van der Waals surface area contributed by atoms with Crippen molar-refractivity contribution in [2.45, 2.75) is 33.1 Å². The molecule has 4 heteroatoms. The van der Waals surface area contributed by atoms with Crippen LogP contribution in [-0.4, -0.2) is 9.97 Å². The van der Waals surface area contributed by atoms with E-state index in [-0.39, 0.29) is 5.41 Å². The van der Waals surface area contributed by atoms with Gasteiger partial charge in [-0.25, -0.2) is 9.97 Å². The van der Waals surface area contributed by atoms with Gasteiger partial charge in [0.15, 0.2) is 0 Å². The summed E-state index contributed by atoms with van der Waals surface area (Å²) in [5, 5.41) is 0. The lowest BCUT2D eigenvalue weighted by molar-refractivity contribution is 0.436. The summed E-state index contributed by atoms with van der Waals surface area (Å²) in [5.41, 5.74) is 7.66. The summed E-state index contributed by atoms with van der Waals surface area (Å²) in [5.74, 6) is 1.75. The van der Waals surface area contributed by atoms with Crippen molar-refractivity contribution >= 4 is 5.82 Å². The fourth-order valence-corrected chi connectivity index (χ4v) is 1.83. The highest BCUT2D eigenvalue weighted by Crippen LogP contribution is 2.34. The molecule has 0 saturated carbocycles. The summed E-state index contributed by atoms with van der Waals surface area (Å²) >= 11 is 0. The molecule has 0 bridgehead atoms. The van der Waals surface area contributed by atoms with Gasteiger partial charge in [0.25, 0.3) is 0 Å². The van der Waals surface area contributed by atoms with Crippen LogP contribution in [0.1, 0.15) is 31.9 Å². The van der Waals surface area contributed by atoms with E-state index in [1.165, 1.54) is 6.33 Å². The molecule has 100 valence electrons. The van der Waals surface area contributed by atoms with Crippen molar-refractivity contribution in [1.82, 2.24) is 9.97 Å².